The van der Waals surface area contributed by atoms with Gasteiger partial charge in [-0.2, -0.15) is 0 Å². The van der Waals surface area contributed by atoms with Crippen LogP contribution in [-0.2, 0) is 6.54 Å². The highest BCUT2D eigenvalue weighted by atomic mass is 16.6. The smallest absolute Gasteiger partial charge is 0.269 e. The molecule has 0 fully saturated rings. The number of benzene rings is 2. The van der Waals surface area contributed by atoms with Crippen LogP contribution in [0.5, 0.6) is 0 Å². The predicted molar refractivity (Wildman–Crippen MR) is 74.7 cm³/mol. The lowest BCUT2D eigenvalue weighted by Gasteiger charge is -2.10. The third kappa shape index (κ3) is 3.53. The van der Waals surface area contributed by atoms with Crippen molar-refractivity contribution in [1.82, 2.24) is 5.43 Å². The molecule has 0 saturated heterocycles. The highest BCUT2D eigenvalue weighted by Crippen LogP contribution is 2.17. The van der Waals surface area contributed by atoms with Crippen molar-refractivity contribution in [3.05, 3.63) is 69.8 Å². The molecule has 0 aliphatic rings. The lowest BCUT2D eigenvalue weighted by molar-refractivity contribution is -0.384. The first-order chi connectivity index (χ1) is 9.16. The first kappa shape index (κ1) is 13.0. The number of aryl methyl sites for hydroxylation is 1. The summed E-state index contributed by atoms with van der Waals surface area (Å²) in [5.41, 5.74) is 9.09. The van der Waals surface area contributed by atoms with Gasteiger partial charge in [0.05, 0.1) is 4.92 Å². The number of non-ortho nitro benzene ring substituents is 1. The molecule has 0 spiro atoms. The molecular weight excluding hydrogens is 242 g/mol. The highest BCUT2D eigenvalue weighted by Gasteiger charge is 2.08. The largest absolute Gasteiger partial charge is 0.321 e. The first-order valence-electron chi connectivity index (χ1n) is 5.94. The molecule has 0 aliphatic carbocycles. The Morgan fingerprint density at radius 3 is 2.58 bits per heavy atom. The van der Waals surface area contributed by atoms with E-state index in [0.29, 0.717) is 6.54 Å². The maximum absolute atomic E-state index is 10.7. The molecular formula is C14H15N3O2. The zero-order valence-corrected chi connectivity index (χ0v) is 10.6. The molecule has 0 bridgehead atoms. The van der Waals surface area contributed by atoms with Crippen LogP contribution in [0.2, 0.25) is 0 Å². The van der Waals surface area contributed by atoms with Gasteiger partial charge in [-0.25, -0.2) is 5.43 Å². The second-order valence-electron chi connectivity index (χ2n) is 4.21. The van der Waals surface area contributed by atoms with E-state index in [-0.39, 0.29) is 10.6 Å². The Bertz CT molecular complexity index is 570. The average molecular weight is 257 g/mol. The van der Waals surface area contributed by atoms with Crippen LogP contribution in [0.1, 0.15) is 11.1 Å². The Hall–Kier alpha value is -2.40. The monoisotopic (exact) mass is 257 g/mol. The molecule has 0 amide bonds. The molecule has 2 rings (SSSR count). The van der Waals surface area contributed by atoms with E-state index in [9.17, 15) is 10.1 Å². The molecule has 0 aromatic heterocycles. The molecule has 0 heterocycles. The summed E-state index contributed by atoms with van der Waals surface area (Å²) in [5.74, 6) is 0. The normalized spacial score (nSPS) is 10.2. The molecule has 0 unspecified atom stereocenters. The molecule has 98 valence electrons. The number of hydrogen-bond donors (Lipinski definition) is 2. The zero-order valence-electron chi connectivity index (χ0n) is 10.6. The van der Waals surface area contributed by atoms with E-state index in [1.165, 1.54) is 6.07 Å². The third-order valence-electron chi connectivity index (χ3n) is 2.83. The number of nitrogens with one attached hydrogen (secondary N) is 2. The van der Waals surface area contributed by atoms with Gasteiger partial charge in [0.2, 0.25) is 0 Å². The Labute approximate surface area is 111 Å². The maximum Gasteiger partial charge on any atom is 0.269 e. The van der Waals surface area contributed by atoms with Crippen LogP contribution < -0.4 is 10.9 Å². The average Bonchev–Trinajstić information content (AvgIpc) is 2.42. The Kier molecular flexibility index (Phi) is 4.10. The standard InChI is InChI=1S/C14H15N3O2/c1-11-7-8-14(17(18)19)9-12(11)10-15-16-13-5-3-2-4-6-13/h2-9,15-16H,10H2,1H3. The number of nitro groups is 1. The minimum absolute atomic E-state index is 0.113. The minimum atomic E-state index is -0.381. The van der Waals surface area contributed by atoms with Crippen LogP contribution in [0.15, 0.2) is 48.5 Å². The molecule has 2 aromatic carbocycles. The van der Waals surface area contributed by atoms with Crippen molar-refractivity contribution < 1.29 is 4.92 Å². The molecule has 5 heteroatoms. The lowest BCUT2D eigenvalue weighted by atomic mass is 10.1. The number of para-hydroxylation sites is 1. The fraction of sp³-hybridized carbons (Fsp3) is 0.143. The van der Waals surface area contributed by atoms with Gasteiger partial charge in [0.1, 0.15) is 0 Å². The van der Waals surface area contributed by atoms with Gasteiger partial charge in [-0.05, 0) is 30.2 Å². The van der Waals surface area contributed by atoms with Crippen LogP contribution >= 0.6 is 0 Å². The van der Waals surface area contributed by atoms with Crippen molar-refractivity contribution in [2.75, 3.05) is 5.43 Å². The Morgan fingerprint density at radius 1 is 1.16 bits per heavy atom. The molecule has 0 aliphatic heterocycles. The molecule has 0 atom stereocenters. The summed E-state index contributed by atoms with van der Waals surface area (Å²) in [5, 5.41) is 10.7. The highest BCUT2D eigenvalue weighted by molar-refractivity contribution is 5.42. The first-order valence-corrected chi connectivity index (χ1v) is 5.94. The number of rotatable bonds is 5. The minimum Gasteiger partial charge on any atom is -0.321 e. The van der Waals surface area contributed by atoms with Crippen LogP contribution in [0.25, 0.3) is 0 Å². The summed E-state index contributed by atoms with van der Waals surface area (Å²) < 4.78 is 0. The predicted octanol–water partition coefficient (Wildman–Crippen LogP) is 3.02. The van der Waals surface area contributed by atoms with Crippen LogP contribution in [-0.4, -0.2) is 4.92 Å². The second kappa shape index (κ2) is 5.97. The number of nitrogens with zero attached hydrogens (tertiary/aromatic N) is 1. The van der Waals surface area contributed by atoms with Crippen LogP contribution in [0, 0.1) is 17.0 Å². The van der Waals surface area contributed by atoms with E-state index >= 15 is 0 Å². The molecule has 0 radical (unpaired) electrons. The van der Waals surface area contributed by atoms with Crippen LogP contribution in [0.4, 0.5) is 11.4 Å². The second-order valence-corrected chi connectivity index (χ2v) is 4.21. The van der Waals surface area contributed by atoms with E-state index < -0.39 is 0 Å². The Balaban J connectivity index is 1.99. The fourth-order valence-electron chi connectivity index (χ4n) is 1.72. The van der Waals surface area contributed by atoms with Crippen molar-refractivity contribution in [3.63, 3.8) is 0 Å². The van der Waals surface area contributed by atoms with Crippen molar-refractivity contribution >= 4 is 11.4 Å². The summed E-state index contributed by atoms with van der Waals surface area (Å²) in [6, 6.07) is 14.6. The number of nitro benzene ring substituents is 1. The van der Waals surface area contributed by atoms with Crippen molar-refractivity contribution in [2.45, 2.75) is 13.5 Å². The van der Waals surface area contributed by atoms with E-state index in [1.54, 1.807) is 12.1 Å². The van der Waals surface area contributed by atoms with Gasteiger partial charge in [-0.15, -0.1) is 0 Å². The Morgan fingerprint density at radius 2 is 1.89 bits per heavy atom. The number of hydrazine groups is 1. The topological polar surface area (TPSA) is 67.2 Å². The van der Waals surface area contributed by atoms with E-state index in [2.05, 4.69) is 10.9 Å². The number of anilines is 1. The maximum atomic E-state index is 10.7. The SMILES string of the molecule is Cc1ccc([N+](=O)[O-])cc1CNNc1ccccc1. The molecule has 2 aromatic rings. The van der Waals surface area contributed by atoms with E-state index in [4.69, 9.17) is 0 Å². The summed E-state index contributed by atoms with van der Waals surface area (Å²) >= 11 is 0. The van der Waals surface area contributed by atoms with Gasteiger partial charge in [0.25, 0.3) is 5.69 Å². The van der Waals surface area contributed by atoms with E-state index in [1.807, 2.05) is 37.3 Å². The summed E-state index contributed by atoms with van der Waals surface area (Å²) in [6.45, 7) is 2.45. The third-order valence-corrected chi connectivity index (χ3v) is 2.83. The van der Waals surface area contributed by atoms with Crippen molar-refractivity contribution in [2.24, 2.45) is 0 Å². The van der Waals surface area contributed by atoms with Gasteiger partial charge in [0.15, 0.2) is 0 Å². The van der Waals surface area contributed by atoms with Gasteiger partial charge >= 0.3 is 0 Å². The summed E-state index contributed by atoms with van der Waals surface area (Å²) in [4.78, 5) is 10.3. The van der Waals surface area contributed by atoms with Gasteiger partial charge in [0, 0.05) is 24.4 Å². The summed E-state index contributed by atoms with van der Waals surface area (Å²) in [6.07, 6.45) is 0. The van der Waals surface area contributed by atoms with Crippen LogP contribution in [0.3, 0.4) is 0 Å². The molecule has 19 heavy (non-hydrogen) atoms. The molecule has 2 N–H and O–H groups in total. The molecule has 5 nitrogen and oxygen atoms in total. The fourth-order valence-corrected chi connectivity index (χ4v) is 1.72. The van der Waals surface area contributed by atoms with E-state index in [0.717, 1.165) is 16.8 Å². The van der Waals surface area contributed by atoms with Gasteiger partial charge in [-0.3, -0.25) is 10.1 Å². The van der Waals surface area contributed by atoms with Gasteiger partial charge < -0.3 is 5.43 Å². The number of hydrogen-bond acceptors (Lipinski definition) is 4. The van der Waals surface area contributed by atoms with Crippen molar-refractivity contribution in [3.8, 4) is 0 Å². The van der Waals surface area contributed by atoms with Crippen molar-refractivity contribution in [1.29, 1.82) is 0 Å². The quantitative estimate of drug-likeness (QED) is 0.638. The zero-order chi connectivity index (χ0) is 13.7. The summed E-state index contributed by atoms with van der Waals surface area (Å²) in [7, 11) is 0. The lowest BCUT2D eigenvalue weighted by Crippen LogP contribution is -2.21. The van der Waals surface area contributed by atoms with Gasteiger partial charge in [-0.1, -0.05) is 24.3 Å². The molecule has 0 saturated carbocycles.